The Morgan fingerprint density at radius 3 is 2.65 bits per heavy atom. The zero-order chi connectivity index (χ0) is 12.3. The first-order valence-corrected chi connectivity index (χ1v) is 5.07. The highest BCUT2D eigenvalue weighted by Gasteiger charge is 2.12. The van der Waals surface area contributed by atoms with Gasteiger partial charge in [-0.15, -0.1) is 0 Å². The molecule has 0 aliphatic heterocycles. The number of ether oxygens (including phenoxy) is 2. The van der Waals surface area contributed by atoms with Gasteiger partial charge < -0.3 is 19.1 Å². The summed E-state index contributed by atoms with van der Waals surface area (Å²) in [4.78, 5) is 0. The fourth-order valence-corrected chi connectivity index (χ4v) is 1.53. The van der Waals surface area contributed by atoms with Crippen LogP contribution in [-0.2, 0) is 6.61 Å². The van der Waals surface area contributed by atoms with Crippen LogP contribution in [0.4, 0.5) is 0 Å². The molecule has 0 atom stereocenters. The molecule has 0 saturated heterocycles. The van der Waals surface area contributed by atoms with E-state index in [1.807, 2.05) is 0 Å². The van der Waals surface area contributed by atoms with E-state index in [0.29, 0.717) is 23.0 Å². The normalized spacial score (nSPS) is 10.3. The summed E-state index contributed by atoms with van der Waals surface area (Å²) < 4.78 is 15.3. The average Bonchev–Trinajstić information content (AvgIpc) is 2.86. The van der Waals surface area contributed by atoms with Crippen LogP contribution in [-0.4, -0.2) is 24.5 Å². The molecule has 0 aliphatic carbocycles. The highest BCUT2D eigenvalue weighted by molar-refractivity contribution is 5.68. The predicted molar refractivity (Wildman–Crippen MR) is 61.0 cm³/mol. The average molecular weight is 235 g/mol. The number of aromatic nitrogens is 1. The van der Waals surface area contributed by atoms with Gasteiger partial charge in [-0.3, -0.25) is 0 Å². The number of benzene rings is 1. The van der Waals surface area contributed by atoms with Crippen LogP contribution in [0.1, 0.15) is 5.76 Å². The van der Waals surface area contributed by atoms with Crippen molar-refractivity contribution in [1.29, 1.82) is 0 Å². The molecule has 0 fully saturated rings. The van der Waals surface area contributed by atoms with Gasteiger partial charge in [0.2, 0.25) is 0 Å². The molecule has 0 spiro atoms. The fourth-order valence-electron chi connectivity index (χ4n) is 1.53. The molecule has 0 amide bonds. The van der Waals surface area contributed by atoms with Crippen molar-refractivity contribution in [1.82, 2.24) is 5.16 Å². The Labute approximate surface area is 98.6 Å². The minimum absolute atomic E-state index is 0.181. The fraction of sp³-hybridized carbons (Fsp3) is 0.250. The molecule has 0 unspecified atom stereocenters. The maximum atomic E-state index is 8.94. The van der Waals surface area contributed by atoms with Crippen molar-refractivity contribution in [3.8, 4) is 22.8 Å². The van der Waals surface area contributed by atoms with Gasteiger partial charge in [-0.05, 0) is 18.2 Å². The lowest BCUT2D eigenvalue weighted by Crippen LogP contribution is -1.90. The van der Waals surface area contributed by atoms with Gasteiger partial charge in [-0.25, -0.2) is 0 Å². The lowest BCUT2D eigenvalue weighted by Gasteiger charge is -2.07. The van der Waals surface area contributed by atoms with Gasteiger partial charge in [0, 0.05) is 11.6 Å². The summed E-state index contributed by atoms with van der Waals surface area (Å²) in [6, 6.07) is 7.06. The first-order valence-electron chi connectivity index (χ1n) is 5.07. The topological polar surface area (TPSA) is 64.7 Å². The second kappa shape index (κ2) is 4.88. The Hall–Kier alpha value is -2.01. The van der Waals surface area contributed by atoms with Gasteiger partial charge in [-0.1, -0.05) is 5.16 Å². The van der Waals surface area contributed by atoms with Crippen molar-refractivity contribution in [3.63, 3.8) is 0 Å². The van der Waals surface area contributed by atoms with Crippen LogP contribution < -0.4 is 9.47 Å². The van der Waals surface area contributed by atoms with Crippen LogP contribution in [0.25, 0.3) is 11.3 Å². The number of aliphatic hydroxyl groups is 1. The van der Waals surface area contributed by atoms with Crippen molar-refractivity contribution in [2.24, 2.45) is 0 Å². The summed E-state index contributed by atoms with van der Waals surface area (Å²) >= 11 is 0. The van der Waals surface area contributed by atoms with E-state index >= 15 is 0 Å². The third-order valence-electron chi connectivity index (χ3n) is 2.40. The smallest absolute Gasteiger partial charge is 0.162 e. The van der Waals surface area contributed by atoms with E-state index in [1.54, 1.807) is 38.5 Å². The predicted octanol–water partition coefficient (Wildman–Crippen LogP) is 1.85. The molecule has 5 heteroatoms. The van der Waals surface area contributed by atoms with Crippen LogP contribution in [0, 0.1) is 0 Å². The van der Waals surface area contributed by atoms with Crippen molar-refractivity contribution in [2.75, 3.05) is 14.2 Å². The van der Waals surface area contributed by atoms with E-state index in [9.17, 15) is 0 Å². The zero-order valence-corrected chi connectivity index (χ0v) is 9.64. The monoisotopic (exact) mass is 235 g/mol. The summed E-state index contributed by atoms with van der Waals surface area (Å²) in [6.07, 6.45) is 0. The summed E-state index contributed by atoms with van der Waals surface area (Å²) in [6.45, 7) is -0.181. The Morgan fingerprint density at radius 1 is 1.24 bits per heavy atom. The molecule has 1 N–H and O–H groups in total. The van der Waals surface area contributed by atoms with E-state index in [0.717, 1.165) is 5.56 Å². The van der Waals surface area contributed by atoms with Crippen LogP contribution in [0.5, 0.6) is 11.5 Å². The lowest BCUT2D eigenvalue weighted by molar-refractivity contribution is 0.229. The van der Waals surface area contributed by atoms with Gasteiger partial charge in [0.05, 0.1) is 14.2 Å². The van der Waals surface area contributed by atoms with Crippen molar-refractivity contribution in [3.05, 3.63) is 30.0 Å². The molecule has 17 heavy (non-hydrogen) atoms. The number of hydrogen-bond acceptors (Lipinski definition) is 5. The van der Waals surface area contributed by atoms with Crippen LogP contribution in [0.3, 0.4) is 0 Å². The third-order valence-corrected chi connectivity index (χ3v) is 2.40. The van der Waals surface area contributed by atoms with Crippen LogP contribution >= 0.6 is 0 Å². The molecule has 2 aromatic rings. The van der Waals surface area contributed by atoms with E-state index in [2.05, 4.69) is 5.16 Å². The van der Waals surface area contributed by atoms with Gasteiger partial charge >= 0.3 is 0 Å². The van der Waals surface area contributed by atoms with Crippen molar-refractivity contribution < 1.29 is 19.1 Å². The number of rotatable bonds is 4. The molecule has 0 radical (unpaired) electrons. The van der Waals surface area contributed by atoms with Gasteiger partial charge in [0.1, 0.15) is 23.8 Å². The lowest BCUT2D eigenvalue weighted by atomic mass is 10.1. The number of methoxy groups -OCH3 is 2. The largest absolute Gasteiger partial charge is 0.497 e. The zero-order valence-electron chi connectivity index (χ0n) is 9.64. The van der Waals surface area contributed by atoms with E-state index < -0.39 is 0 Å². The first kappa shape index (κ1) is 11.5. The number of aliphatic hydroxyl groups excluding tert-OH is 1. The van der Waals surface area contributed by atoms with Gasteiger partial charge in [-0.2, -0.15) is 0 Å². The Balaban J connectivity index is 2.47. The van der Waals surface area contributed by atoms with Gasteiger partial charge in [0.25, 0.3) is 0 Å². The molecule has 0 saturated carbocycles. The molecular weight excluding hydrogens is 222 g/mol. The maximum absolute atomic E-state index is 8.94. The molecule has 1 aromatic heterocycles. The van der Waals surface area contributed by atoms with E-state index in [1.165, 1.54) is 0 Å². The number of hydrogen-bond donors (Lipinski definition) is 1. The standard InChI is InChI=1S/C12H13NO4/c1-15-8-3-4-12(16-2)10(5-8)11-6-9(7-14)17-13-11/h3-6,14H,7H2,1-2H3. The second-order valence-corrected chi connectivity index (χ2v) is 3.40. The Kier molecular flexibility index (Phi) is 3.30. The van der Waals surface area contributed by atoms with E-state index in [-0.39, 0.29) is 6.61 Å². The molecule has 1 aromatic carbocycles. The van der Waals surface area contributed by atoms with E-state index in [4.69, 9.17) is 19.1 Å². The first-order chi connectivity index (χ1) is 8.28. The minimum atomic E-state index is -0.181. The number of nitrogens with zero attached hydrogens (tertiary/aromatic N) is 1. The molecule has 0 bridgehead atoms. The molecule has 1 heterocycles. The summed E-state index contributed by atoms with van der Waals surface area (Å²) in [7, 11) is 3.17. The molecule has 2 rings (SSSR count). The quantitative estimate of drug-likeness (QED) is 0.876. The SMILES string of the molecule is COc1ccc(OC)c(-c2cc(CO)on2)c1. The Bertz CT molecular complexity index is 507. The summed E-state index contributed by atoms with van der Waals surface area (Å²) in [5, 5.41) is 12.8. The summed E-state index contributed by atoms with van der Waals surface area (Å²) in [5.41, 5.74) is 1.36. The Morgan fingerprint density at radius 2 is 2.06 bits per heavy atom. The molecule has 5 nitrogen and oxygen atoms in total. The van der Waals surface area contributed by atoms with Crippen LogP contribution in [0.2, 0.25) is 0 Å². The van der Waals surface area contributed by atoms with Gasteiger partial charge in [0.15, 0.2) is 5.76 Å². The van der Waals surface area contributed by atoms with Crippen molar-refractivity contribution in [2.45, 2.75) is 6.61 Å². The highest BCUT2D eigenvalue weighted by Crippen LogP contribution is 2.32. The molecule has 0 aliphatic rings. The summed E-state index contributed by atoms with van der Waals surface area (Å²) in [5.74, 6) is 1.78. The third kappa shape index (κ3) is 2.24. The highest BCUT2D eigenvalue weighted by atomic mass is 16.5. The molecular formula is C12H13NO4. The maximum Gasteiger partial charge on any atom is 0.162 e. The minimum Gasteiger partial charge on any atom is -0.497 e. The second-order valence-electron chi connectivity index (χ2n) is 3.40. The molecule has 90 valence electrons. The van der Waals surface area contributed by atoms with Crippen molar-refractivity contribution >= 4 is 0 Å². The van der Waals surface area contributed by atoms with Crippen LogP contribution in [0.15, 0.2) is 28.8 Å².